The number of likely N-dealkylation sites (tertiary alicyclic amines) is 1. The minimum absolute atomic E-state index is 0.0374. The summed E-state index contributed by atoms with van der Waals surface area (Å²) in [4.78, 5) is 29.4. The fourth-order valence-electron chi connectivity index (χ4n) is 4.22. The third kappa shape index (κ3) is 2.48. The number of aliphatic hydroxyl groups excluding tert-OH is 1. The van der Waals surface area contributed by atoms with Gasteiger partial charge in [0.1, 0.15) is 0 Å². The van der Waals surface area contributed by atoms with Crippen molar-refractivity contribution in [3.63, 3.8) is 0 Å². The van der Waals surface area contributed by atoms with E-state index in [2.05, 4.69) is 0 Å². The lowest BCUT2D eigenvalue weighted by Gasteiger charge is -2.42. The molecule has 1 aromatic heterocycles. The largest absolute Gasteiger partial charge is 0.393 e. The van der Waals surface area contributed by atoms with Crippen LogP contribution in [0, 0.1) is 11.3 Å². The fraction of sp³-hybridized carbons (Fsp3) is 0.647. The van der Waals surface area contributed by atoms with E-state index in [1.165, 1.54) is 0 Å². The second-order valence-electron chi connectivity index (χ2n) is 7.15. The Morgan fingerprint density at radius 3 is 2.83 bits per heavy atom. The monoisotopic (exact) mass is 334 g/mol. The zero-order valence-electron chi connectivity index (χ0n) is 13.1. The summed E-state index contributed by atoms with van der Waals surface area (Å²) in [7, 11) is 0. The molecule has 1 aliphatic carbocycles. The predicted octanol–water partition coefficient (Wildman–Crippen LogP) is 1.86. The molecule has 3 heterocycles. The van der Waals surface area contributed by atoms with Gasteiger partial charge in [0.2, 0.25) is 11.8 Å². The number of piperidine rings is 1. The lowest BCUT2D eigenvalue weighted by atomic mass is 9.76. The van der Waals surface area contributed by atoms with E-state index >= 15 is 0 Å². The van der Waals surface area contributed by atoms with E-state index in [1.807, 2.05) is 26.6 Å². The van der Waals surface area contributed by atoms with Crippen molar-refractivity contribution in [2.45, 2.75) is 38.2 Å². The molecular weight excluding hydrogens is 312 g/mol. The lowest BCUT2D eigenvalue weighted by molar-refractivity contribution is -0.147. The van der Waals surface area contributed by atoms with Gasteiger partial charge < -0.3 is 14.9 Å². The maximum atomic E-state index is 13.0. The van der Waals surface area contributed by atoms with Crippen molar-refractivity contribution in [1.82, 2.24) is 4.90 Å². The van der Waals surface area contributed by atoms with Crippen LogP contribution in [0.15, 0.2) is 16.8 Å². The molecule has 23 heavy (non-hydrogen) atoms. The first-order chi connectivity index (χ1) is 11.1. The summed E-state index contributed by atoms with van der Waals surface area (Å²) in [6, 6.07) is 1.99. The number of aliphatic hydroxyl groups is 1. The Hall–Kier alpha value is -1.40. The van der Waals surface area contributed by atoms with Gasteiger partial charge in [0.05, 0.1) is 17.2 Å². The van der Waals surface area contributed by atoms with Crippen LogP contribution < -0.4 is 4.90 Å². The van der Waals surface area contributed by atoms with Crippen molar-refractivity contribution in [3.8, 4) is 0 Å². The smallest absolute Gasteiger partial charge is 0.235 e. The van der Waals surface area contributed by atoms with Gasteiger partial charge in [-0.1, -0.05) is 0 Å². The van der Waals surface area contributed by atoms with Crippen LogP contribution in [-0.4, -0.2) is 47.6 Å². The molecule has 0 unspecified atom stereocenters. The number of hydrogen-bond acceptors (Lipinski definition) is 4. The summed E-state index contributed by atoms with van der Waals surface area (Å²) in [6.07, 6.45) is 3.45. The first kappa shape index (κ1) is 15.1. The minimum atomic E-state index is -0.391. The van der Waals surface area contributed by atoms with Gasteiger partial charge in [-0.15, -0.1) is 0 Å². The molecule has 0 bridgehead atoms. The molecule has 124 valence electrons. The molecule has 1 atom stereocenters. The number of thiophene rings is 1. The summed E-state index contributed by atoms with van der Waals surface area (Å²) in [5.74, 6) is 0.280. The molecule has 1 saturated carbocycles. The van der Waals surface area contributed by atoms with E-state index in [0.29, 0.717) is 19.4 Å². The average Bonchev–Trinajstić information content (AvgIpc) is 3.14. The Bertz CT molecular complexity index is 611. The maximum absolute atomic E-state index is 13.0. The number of anilines is 1. The summed E-state index contributed by atoms with van der Waals surface area (Å²) in [5, 5.41) is 13.4. The predicted molar refractivity (Wildman–Crippen MR) is 88.3 cm³/mol. The fourth-order valence-corrected chi connectivity index (χ4v) is 4.87. The van der Waals surface area contributed by atoms with E-state index in [4.69, 9.17) is 0 Å². The minimum Gasteiger partial charge on any atom is -0.393 e. The summed E-state index contributed by atoms with van der Waals surface area (Å²) >= 11 is 1.60. The summed E-state index contributed by atoms with van der Waals surface area (Å²) in [5.41, 5.74) is 0.598. The highest BCUT2D eigenvalue weighted by molar-refractivity contribution is 7.08. The first-order valence-corrected chi connectivity index (χ1v) is 9.34. The Morgan fingerprint density at radius 2 is 2.13 bits per heavy atom. The number of carbonyl (C=O) groups excluding carboxylic acids is 2. The SMILES string of the molecule is O=C(C1CC(O)C1)N1CCC[C@]2(CCN(c3ccsc3)C2=O)C1. The van der Waals surface area contributed by atoms with E-state index in [1.54, 1.807) is 11.3 Å². The third-order valence-corrected chi connectivity index (χ3v) is 6.35. The van der Waals surface area contributed by atoms with Crippen molar-refractivity contribution in [1.29, 1.82) is 0 Å². The van der Waals surface area contributed by atoms with Crippen LogP contribution >= 0.6 is 11.3 Å². The molecule has 6 heteroatoms. The van der Waals surface area contributed by atoms with Gasteiger partial charge in [-0.05, 0) is 43.6 Å². The van der Waals surface area contributed by atoms with Crippen LogP contribution in [0.5, 0.6) is 0 Å². The lowest BCUT2D eigenvalue weighted by Crippen LogP contribution is -2.53. The van der Waals surface area contributed by atoms with Crippen molar-refractivity contribution in [2.75, 3.05) is 24.5 Å². The molecule has 1 spiro atoms. The quantitative estimate of drug-likeness (QED) is 0.898. The molecule has 1 N–H and O–H groups in total. The van der Waals surface area contributed by atoms with Crippen LogP contribution in [-0.2, 0) is 9.59 Å². The summed E-state index contributed by atoms with van der Waals surface area (Å²) in [6.45, 7) is 2.05. The highest BCUT2D eigenvalue weighted by Crippen LogP contribution is 2.43. The molecule has 0 radical (unpaired) electrons. The molecule has 4 rings (SSSR count). The Balaban J connectivity index is 1.48. The van der Waals surface area contributed by atoms with Crippen molar-refractivity contribution < 1.29 is 14.7 Å². The molecule has 0 aromatic carbocycles. The molecule has 5 nitrogen and oxygen atoms in total. The average molecular weight is 334 g/mol. The van der Waals surface area contributed by atoms with Crippen LogP contribution in [0.4, 0.5) is 5.69 Å². The van der Waals surface area contributed by atoms with E-state index in [-0.39, 0.29) is 23.8 Å². The zero-order chi connectivity index (χ0) is 16.0. The van der Waals surface area contributed by atoms with E-state index in [0.717, 1.165) is 38.0 Å². The number of carbonyl (C=O) groups is 2. The van der Waals surface area contributed by atoms with Gasteiger partial charge in [-0.3, -0.25) is 9.59 Å². The van der Waals surface area contributed by atoms with Crippen LogP contribution in [0.1, 0.15) is 32.1 Å². The Morgan fingerprint density at radius 1 is 1.30 bits per heavy atom. The first-order valence-electron chi connectivity index (χ1n) is 8.40. The van der Waals surface area contributed by atoms with Crippen molar-refractivity contribution in [2.24, 2.45) is 11.3 Å². The van der Waals surface area contributed by atoms with E-state index < -0.39 is 5.41 Å². The topological polar surface area (TPSA) is 60.9 Å². The molecule has 3 fully saturated rings. The number of rotatable bonds is 2. The second-order valence-corrected chi connectivity index (χ2v) is 7.93. The number of amides is 2. The molecule has 2 saturated heterocycles. The zero-order valence-corrected chi connectivity index (χ0v) is 13.9. The van der Waals surface area contributed by atoms with Crippen LogP contribution in [0.25, 0.3) is 0 Å². The second kappa shape index (κ2) is 5.60. The number of nitrogens with zero attached hydrogens (tertiary/aromatic N) is 2. The molecule has 3 aliphatic rings. The maximum Gasteiger partial charge on any atom is 0.235 e. The van der Waals surface area contributed by atoms with E-state index in [9.17, 15) is 14.7 Å². The highest BCUT2D eigenvalue weighted by atomic mass is 32.1. The molecule has 2 aliphatic heterocycles. The highest BCUT2D eigenvalue weighted by Gasteiger charge is 2.51. The van der Waals surface area contributed by atoms with Crippen molar-refractivity contribution >= 4 is 28.8 Å². The van der Waals surface area contributed by atoms with Crippen molar-refractivity contribution in [3.05, 3.63) is 16.8 Å². The normalized spacial score (nSPS) is 34.0. The third-order valence-electron chi connectivity index (χ3n) is 5.68. The van der Waals surface area contributed by atoms with Gasteiger partial charge in [-0.25, -0.2) is 0 Å². The van der Waals surface area contributed by atoms with Gasteiger partial charge in [-0.2, -0.15) is 11.3 Å². The number of hydrogen-bond donors (Lipinski definition) is 1. The van der Waals surface area contributed by atoms with Gasteiger partial charge in [0, 0.05) is 30.9 Å². The van der Waals surface area contributed by atoms with Gasteiger partial charge >= 0.3 is 0 Å². The van der Waals surface area contributed by atoms with Gasteiger partial charge in [0.25, 0.3) is 0 Å². The molecule has 2 amide bonds. The Labute approximate surface area is 139 Å². The Kier molecular flexibility index (Phi) is 3.69. The van der Waals surface area contributed by atoms with Gasteiger partial charge in [0.15, 0.2) is 0 Å². The molecular formula is C17H22N2O3S. The summed E-state index contributed by atoms with van der Waals surface area (Å²) < 4.78 is 0. The van der Waals surface area contributed by atoms with Crippen LogP contribution in [0.2, 0.25) is 0 Å². The standard InChI is InChI=1S/C17H22N2O3S/c20-14-8-12(9-14)15(21)18-5-1-3-17(11-18)4-6-19(16(17)22)13-2-7-23-10-13/h2,7,10,12,14,20H,1,3-6,8-9,11H2/t12?,14?,17-/m0/s1. The van der Waals surface area contributed by atoms with Crippen LogP contribution in [0.3, 0.4) is 0 Å². The molecule has 1 aromatic rings.